The largest absolute Gasteiger partial charge is 0.493 e. The van der Waals surface area contributed by atoms with Gasteiger partial charge in [-0.05, 0) is 67.9 Å². The Morgan fingerprint density at radius 2 is 1.89 bits per heavy atom. The third-order valence-corrected chi connectivity index (χ3v) is 5.20. The lowest BCUT2D eigenvalue weighted by Gasteiger charge is -2.09. The number of carbonyl (C=O) groups is 1. The Morgan fingerprint density at radius 1 is 1.18 bits per heavy atom. The van der Waals surface area contributed by atoms with Gasteiger partial charge in [0.05, 0.1) is 36.7 Å². The first-order chi connectivity index (χ1) is 13.5. The Morgan fingerprint density at radius 3 is 2.57 bits per heavy atom. The van der Waals surface area contributed by atoms with E-state index in [9.17, 15) is 4.79 Å². The molecule has 0 spiro atoms. The molecule has 0 radical (unpaired) electrons. The van der Waals surface area contributed by atoms with Gasteiger partial charge in [-0.2, -0.15) is 5.10 Å². The molecule has 0 unspecified atom stereocenters. The van der Waals surface area contributed by atoms with Crippen molar-refractivity contribution in [3.8, 4) is 22.7 Å². The molecule has 0 amide bonds. The number of aryl methyl sites for hydroxylation is 1. The molecule has 0 aliphatic heterocycles. The van der Waals surface area contributed by atoms with E-state index in [1.807, 2.05) is 60.1 Å². The van der Waals surface area contributed by atoms with Gasteiger partial charge in [-0.1, -0.05) is 11.6 Å². The van der Waals surface area contributed by atoms with Crippen LogP contribution < -0.4 is 4.74 Å². The van der Waals surface area contributed by atoms with Crippen LogP contribution in [0.4, 0.5) is 0 Å². The Kier molecular flexibility index (Phi) is 5.09. The van der Waals surface area contributed by atoms with Crippen molar-refractivity contribution in [1.82, 2.24) is 9.78 Å². The lowest BCUT2D eigenvalue weighted by molar-refractivity contribution is -0.142. The normalized spacial score (nSPS) is 18.0. The minimum absolute atomic E-state index is 0.0130. The van der Waals surface area contributed by atoms with Crippen molar-refractivity contribution in [3.63, 3.8) is 0 Å². The number of esters is 1. The number of benzene rings is 2. The Balaban J connectivity index is 1.47. The van der Waals surface area contributed by atoms with Crippen molar-refractivity contribution in [2.45, 2.75) is 13.3 Å². The molecule has 3 aromatic rings. The number of ether oxygens (including phenoxy) is 2. The Bertz CT molecular complexity index is 980. The Hall–Kier alpha value is -2.79. The molecule has 2 atom stereocenters. The highest BCUT2D eigenvalue weighted by Gasteiger charge is 2.44. The molecule has 0 saturated heterocycles. The van der Waals surface area contributed by atoms with Gasteiger partial charge in [-0.3, -0.25) is 4.79 Å². The topological polar surface area (TPSA) is 53.4 Å². The first-order valence-electron chi connectivity index (χ1n) is 9.19. The fourth-order valence-electron chi connectivity index (χ4n) is 3.28. The van der Waals surface area contributed by atoms with Gasteiger partial charge >= 0.3 is 5.97 Å². The van der Waals surface area contributed by atoms with Gasteiger partial charge in [0.15, 0.2) is 0 Å². The molecule has 1 aliphatic carbocycles. The van der Waals surface area contributed by atoms with E-state index in [-0.39, 0.29) is 17.8 Å². The van der Waals surface area contributed by atoms with Crippen LogP contribution in [0.3, 0.4) is 0 Å². The van der Waals surface area contributed by atoms with Crippen molar-refractivity contribution in [3.05, 3.63) is 65.3 Å². The highest BCUT2D eigenvalue weighted by atomic mass is 35.5. The van der Waals surface area contributed by atoms with E-state index in [1.165, 1.54) is 7.11 Å². The fraction of sp³-hybridized carbons (Fsp3) is 0.273. The van der Waals surface area contributed by atoms with Gasteiger partial charge < -0.3 is 9.47 Å². The summed E-state index contributed by atoms with van der Waals surface area (Å²) in [5.74, 6) is 0.880. The quantitative estimate of drug-likeness (QED) is 0.567. The summed E-state index contributed by atoms with van der Waals surface area (Å²) in [5.41, 5.74) is 3.93. The first kappa shape index (κ1) is 18.6. The summed E-state index contributed by atoms with van der Waals surface area (Å²) in [6.07, 6.45) is 0.838. The molecular weight excluding hydrogens is 376 g/mol. The standard InChI is InChI=1S/C22H21ClN2O3/c1-14-11-21(25(24-14)18-7-5-17(23)6-8-18)15-3-9-19(10-4-15)28-13-16-12-20(16)22(26)27-2/h3-11,16,20H,12-13H2,1-2H3/t16-,20+/m0/s1. The monoisotopic (exact) mass is 396 g/mol. The van der Waals surface area contributed by atoms with E-state index < -0.39 is 0 Å². The second-order valence-electron chi connectivity index (χ2n) is 7.02. The van der Waals surface area contributed by atoms with Crippen LogP contribution in [0.2, 0.25) is 5.02 Å². The van der Waals surface area contributed by atoms with Crippen LogP contribution in [0.15, 0.2) is 54.6 Å². The number of hydrogen-bond donors (Lipinski definition) is 0. The fourth-order valence-corrected chi connectivity index (χ4v) is 3.41. The summed E-state index contributed by atoms with van der Waals surface area (Å²) in [5, 5.41) is 5.30. The van der Waals surface area contributed by atoms with E-state index in [4.69, 9.17) is 21.1 Å². The summed E-state index contributed by atoms with van der Waals surface area (Å²) < 4.78 is 12.5. The van der Waals surface area contributed by atoms with Crippen LogP contribution in [-0.2, 0) is 9.53 Å². The minimum atomic E-state index is -0.144. The van der Waals surface area contributed by atoms with Gasteiger partial charge in [-0.15, -0.1) is 0 Å². The zero-order valence-electron chi connectivity index (χ0n) is 15.8. The molecule has 28 heavy (non-hydrogen) atoms. The number of nitrogens with zero attached hydrogens (tertiary/aromatic N) is 2. The number of carbonyl (C=O) groups excluding carboxylic acids is 1. The maximum Gasteiger partial charge on any atom is 0.309 e. The average Bonchev–Trinajstić information content (AvgIpc) is 3.39. The van der Waals surface area contributed by atoms with E-state index >= 15 is 0 Å². The molecule has 1 heterocycles. The maximum atomic E-state index is 11.5. The lowest BCUT2D eigenvalue weighted by Crippen LogP contribution is -2.08. The van der Waals surface area contributed by atoms with Gasteiger partial charge in [0.25, 0.3) is 0 Å². The summed E-state index contributed by atoms with van der Waals surface area (Å²) in [4.78, 5) is 11.5. The highest BCUT2D eigenvalue weighted by molar-refractivity contribution is 6.30. The van der Waals surface area contributed by atoms with Gasteiger partial charge in [0, 0.05) is 16.5 Å². The summed E-state index contributed by atoms with van der Waals surface area (Å²) in [6, 6.07) is 17.6. The third-order valence-electron chi connectivity index (χ3n) is 4.94. The molecule has 0 bridgehead atoms. The van der Waals surface area contributed by atoms with Crippen LogP contribution in [0.1, 0.15) is 12.1 Å². The van der Waals surface area contributed by atoms with Gasteiger partial charge in [0.2, 0.25) is 0 Å². The van der Waals surface area contributed by atoms with Crippen molar-refractivity contribution < 1.29 is 14.3 Å². The number of rotatable bonds is 6. The zero-order chi connectivity index (χ0) is 19.7. The SMILES string of the molecule is COC(=O)[C@@H]1C[C@H]1COc1ccc(-c2cc(C)nn2-c2ccc(Cl)cc2)cc1. The maximum absolute atomic E-state index is 11.5. The van der Waals surface area contributed by atoms with Crippen LogP contribution in [0.25, 0.3) is 16.9 Å². The van der Waals surface area contributed by atoms with E-state index in [2.05, 4.69) is 11.2 Å². The second-order valence-corrected chi connectivity index (χ2v) is 7.46. The molecule has 144 valence electrons. The Labute approximate surface area is 168 Å². The molecule has 1 aliphatic rings. The smallest absolute Gasteiger partial charge is 0.309 e. The molecule has 1 fully saturated rings. The zero-order valence-corrected chi connectivity index (χ0v) is 16.5. The van der Waals surface area contributed by atoms with Crippen LogP contribution in [0, 0.1) is 18.8 Å². The van der Waals surface area contributed by atoms with Crippen LogP contribution in [-0.4, -0.2) is 29.5 Å². The van der Waals surface area contributed by atoms with Gasteiger partial charge in [-0.25, -0.2) is 4.68 Å². The first-order valence-corrected chi connectivity index (χ1v) is 9.56. The van der Waals surface area contributed by atoms with Crippen molar-refractivity contribution in [2.24, 2.45) is 11.8 Å². The molecule has 6 heteroatoms. The molecule has 5 nitrogen and oxygen atoms in total. The summed E-state index contributed by atoms with van der Waals surface area (Å²) >= 11 is 6.00. The van der Waals surface area contributed by atoms with Crippen molar-refractivity contribution in [1.29, 1.82) is 0 Å². The van der Waals surface area contributed by atoms with Gasteiger partial charge in [0.1, 0.15) is 5.75 Å². The molecule has 4 rings (SSSR count). The number of methoxy groups -OCH3 is 1. The highest BCUT2D eigenvalue weighted by Crippen LogP contribution is 2.39. The number of halogens is 1. The molecule has 1 aromatic heterocycles. The van der Waals surface area contributed by atoms with Crippen LogP contribution in [0.5, 0.6) is 5.75 Å². The third kappa shape index (κ3) is 3.90. The minimum Gasteiger partial charge on any atom is -0.493 e. The van der Waals surface area contributed by atoms with Crippen molar-refractivity contribution in [2.75, 3.05) is 13.7 Å². The number of aromatic nitrogens is 2. The number of hydrogen-bond acceptors (Lipinski definition) is 4. The average molecular weight is 397 g/mol. The molecule has 2 aromatic carbocycles. The van der Waals surface area contributed by atoms with E-state index in [0.717, 1.165) is 34.8 Å². The van der Waals surface area contributed by atoms with Crippen LogP contribution >= 0.6 is 11.6 Å². The molecule has 0 N–H and O–H groups in total. The molecular formula is C22H21ClN2O3. The summed E-state index contributed by atoms with van der Waals surface area (Å²) in [7, 11) is 1.42. The predicted molar refractivity (Wildman–Crippen MR) is 108 cm³/mol. The van der Waals surface area contributed by atoms with E-state index in [1.54, 1.807) is 0 Å². The second kappa shape index (κ2) is 7.68. The lowest BCUT2D eigenvalue weighted by atomic mass is 10.1. The van der Waals surface area contributed by atoms with Crippen molar-refractivity contribution >= 4 is 17.6 Å². The predicted octanol–water partition coefficient (Wildman–Crippen LogP) is 4.69. The van der Waals surface area contributed by atoms with E-state index in [0.29, 0.717) is 11.6 Å². The summed E-state index contributed by atoms with van der Waals surface area (Å²) in [6.45, 7) is 2.50. The molecule has 1 saturated carbocycles.